The SMILES string of the molecule is Cc1ncsc1C(=O)N(CCN(C)C)CC(=O)O. The Labute approximate surface area is 110 Å². The number of carboxylic acid groups (broad SMARTS) is 1. The molecule has 0 aliphatic carbocycles. The third kappa shape index (κ3) is 4.08. The fourth-order valence-electron chi connectivity index (χ4n) is 1.39. The molecule has 0 aliphatic rings. The number of amides is 1. The first-order valence-electron chi connectivity index (χ1n) is 5.47. The van der Waals surface area contributed by atoms with Gasteiger partial charge in [-0.15, -0.1) is 11.3 Å². The molecule has 18 heavy (non-hydrogen) atoms. The van der Waals surface area contributed by atoms with Gasteiger partial charge >= 0.3 is 5.97 Å². The summed E-state index contributed by atoms with van der Waals surface area (Å²) in [6.07, 6.45) is 0. The average Bonchev–Trinajstić information content (AvgIpc) is 2.69. The van der Waals surface area contributed by atoms with Gasteiger partial charge in [-0.25, -0.2) is 4.98 Å². The number of carboxylic acids is 1. The Morgan fingerprint density at radius 1 is 1.39 bits per heavy atom. The van der Waals surface area contributed by atoms with Crippen molar-refractivity contribution in [3.8, 4) is 0 Å². The number of carbonyl (C=O) groups excluding carboxylic acids is 1. The first-order chi connectivity index (χ1) is 8.41. The molecular weight excluding hydrogens is 254 g/mol. The lowest BCUT2D eigenvalue weighted by Gasteiger charge is -2.22. The number of hydrogen-bond acceptors (Lipinski definition) is 5. The second kappa shape index (κ2) is 6.46. The van der Waals surface area contributed by atoms with Gasteiger partial charge in [-0.05, 0) is 21.0 Å². The standard InChI is InChI=1S/C11H17N3O3S/c1-8-10(18-7-12-8)11(17)14(6-9(15)16)5-4-13(2)3/h7H,4-6H2,1-3H3,(H,15,16). The molecule has 1 rings (SSSR count). The van der Waals surface area contributed by atoms with Crippen molar-refractivity contribution in [3.05, 3.63) is 16.1 Å². The number of hydrogen-bond donors (Lipinski definition) is 1. The third-order valence-corrected chi connectivity index (χ3v) is 3.29. The van der Waals surface area contributed by atoms with Crippen molar-refractivity contribution in [1.29, 1.82) is 0 Å². The minimum Gasteiger partial charge on any atom is -0.480 e. The van der Waals surface area contributed by atoms with E-state index >= 15 is 0 Å². The molecule has 0 saturated carbocycles. The molecule has 0 aliphatic heterocycles. The molecule has 0 radical (unpaired) electrons. The summed E-state index contributed by atoms with van der Waals surface area (Å²) in [5.74, 6) is -1.27. The summed E-state index contributed by atoms with van der Waals surface area (Å²) in [6.45, 7) is 2.46. The smallest absolute Gasteiger partial charge is 0.323 e. The van der Waals surface area contributed by atoms with Crippen LogP contribution in [-0.2, 0) is 4.79 Å². The molecule has 1 aromatic rings. The molecule has 1 heterocycles. The maximum atomic E-state index is 12.2. The molecule has 1 aromatic heterocycles. The van der Waals surface area contributed by atoms with E-state index in [4.69, 9.17) is 5.11 Å². The van der Waals surface area contributed by atoms with Gasteiger partial charge in [0, 0.05) is 13.1 Å². The van der Waals surface area contributed by atoms with Crippen molar-refractivity contribution < 1.29 is 14.7 Å². The Kier molecular flexibility index (Phi) is 5.24. The number of nitrogens with zero attached hydrogens (tertiary/aromatic N) is 3. The summed E-state index contributed by atoms with van der Waals surface area (Å²) >= 11 is 1.24. The maximum Gasteiger partial charge on any atom is 0.323 e. The lowest BCUT2D eigenvalue weighted by Crippen LogP contribution is -2.39. The van der Waals surface area contributed by atoms with Crippen LogP contribution in [0.2, 0.25) is 0 Å². The van der Waals surface area contributed by atoms with Crippen LogP contribution in [0.15, 0.2) is 5.51 Å². The van der Waals surface area contributed by atoms with Crippen LogP contribution < -0.4 is 0 Å². The number of aryl methyl sites for hydroxylation is 1. The van der Waals surface area contributed by atoms with Gasteiger partial charge in [0.2, 0.25) is 0 Å². The summed E-state index contributed by atoms with van der Waals surface area (Å²) < 4.78 is 0. The van der Waals surface area contributed by atoms with Crippen LogP contribution in [-0.4, -0.2) is 65.5 Å². The van der Waals surface area contributed by atoms with Gasteiger partial charge in [0.1, 0.15) is 11.4 Å². The van der Waals surface area contributed by atoms with Gasteiger partial charge in [0.05, 0.1) is 11.2 Å². The Morgan fingerprint density at radius 3 is 2.50 bits per heavy atom. The van der Waals surface area contributed by atoms with E-state index < -0.39 is 5.97 Å². The van der Waals surface area contributed by atoms with E-state index in [1.165, 1.54) is 16.2 Å². The molecular formula is C11H17N3O3S. The highest BCUT2D eigenvalue weighted by Gasteiger charge is 2.21. The number of thiazole rings is 1. The van der Waals surface area contributed by atoms with Gasteiger partial charge in [-0.2, -0.15) is 0 Å². The number of carbonyl (C=O) groups is 2. The molecule has 7 heteroatoms. The molecule has 1 amide bonds. The highest BCUT2D eigenvalue weighted by molar-refractivity contribution is 7.11. The van der Waals surface area contributed by atoms with Gasteiger partial charge in [0.25, 0.3) is 5.91 Å². The Hall–Kier alpha value is -1.47. The minimum atomic E-state index is -1.01. The first kappa shape index (κ1) is 14.6. The van der Waals surface area contributed by atoms with Crippen LogP contribution in [0.4, 0.5) is 0 Å². The Morgan fingerprint density at radius 2 is 2.06 bits per heavy atom. The van der Waals surface area contributed by atoms with Crippen LogP contribution in [0.5, 0.6) is 0 Å². The third-order valence-electron chi connectivity index (χ3n) is 2.37. The highest BCUT2D eigenvalue weighted by atomic mass is 32.1. The van der Waals surface area contributed by atoms with Gasteiger partial charge in [-0.1, -0.05) is 0 Å². The van der Waals surface area contributed by atoms with E-state index in [0.29, 0.717) is 23.7 Å². The first-order valence-corrected chi connectivity index (χ1v) is 6.35. The minimum absolute atomic E-state index is 0.265. The average molecular weight is 271 g/mol. The fraction of sp³-hybridized carbons (Fsp3) is 0.545. The molecule has 6 nitrogen and oxygen atoms in total. The topological polar surface area (TPSA) is 73.7 Å². The van der Waals surface area contributed by atoms with E-state index in [1.807, 2.05) is 19.0 Å². The largest absolute Gasteiger partial charge is 0.480 e. The summed E-state index contributed by atoms with van der Waals surface area (Å²) in [7, 11) is 3.75. The predicted octanol–water partition coefficient (Wildman–Crippen LogP) is 0.540. The van der Waals surface area contributed by atoms with Crippen LogP contribution in [0.3, 0.4) is 0 Å². The number of aromatic nitrogens is 1. The van der Waals surface area contributed by atoms with E-state index in [0.717, 1.165) is 0 Å². The van der Waals surface area contributed by atoms with Crippen molar-refractivity contribution in [3.63, 3.8) is 0 Å². The summed E-state index contributed by atoms with van der Waals surface area (Å²) in [6, 6.07) is 0. The molecule has 0 atom stereocenters. The summed E-state index contributed by atoms with van der Waals surface area (Å²) in [4.78, 5) is 30.7. The van der Waals surface area contributed by atoms with Crippen LogP contribution in [0, 0.1) is 6.92 Å². The molecule has 0 spiro atoms. The van der Waals surface area contributed by atoms with Gasteiger partial charge in [0.15, 0.2) is 0 Å². The van der Waals surface area contributed by atoms with Crippen molar-refractivity contribution >= 4 is 23.2 Å². The van der Waals surface area contributed by atoms with Crippen molar-refractivity contribution in [2.45, 2.75) is 6.92 Å². The number of aliphatic carboxylic acids is 1. The number of likely N-dealkylation sites (N-methyl/N-ethyl adjacent to an activating group) is 1. The van der Waals surface area contributed by atoms with Crippen molar-refractivity contribution in [1.82, 2.24) is 14.8 Å². The zero-order valence-electron chi connectivity index (χ0n) is 10.7. The van der Waals surface area contributed by atoms with Crippen LogP contribution in [0.25, 0.3) is 0 Å². The Bertz CT molecular complexity index is 431. The zero-order valence-corrected chi connectivity index (χ0v) is 11.5. The van der Waals surface area contributed by atoms with Gasteiger partial charge in [-0.3, -0.25) is 9.59 Å². The zero-order chi connectivity index (χ0) is 13.7. The van der Waals surface area contributed by atoms with Crippen LogP contribution >= 0.6 is 11.3 Å². The second-order valence-corrected chi connectivity index (χ2v) is 5.05. The monoisotopic (exact) mass is 271 g/mol. The van der Waals surface area contributed by atoms with Crippen molar-refractivity contribution in [2.75, 3.05) is 33.7 Å². The molecule has 100 valence electrons. The molecule has 0 fully saturated rings. The highest BCUT2D eigenvalue weighted by Crippen LogP contribution is 2.15. The van der Waals surface area contributed by atoms with Crippen LogP contribution in [0.1, 0.15) is 15.4 Å². The predicted molar refractivity (Wildman–Crippen MR) is 68.9 cm³/mol. The molecule has 0 unspecified atom stereocenters. The lowest BCUT2D eigenvalue weighted by molar-refractivity contribution is -0.137. The number of rotatable bonds is 6. The van der Waals surface area contributed by atoms with Gasteiger partial charge < -0.3 is 14.9 Å². The van der Waals surface area contributed by atoms with E-state index in [2.05, 4.69) is 4.98 Å². The summed E-state index contributed by atoms with van der Waals surface area (Å²) in [5, 5.41) is 8.85. The van der Waals surface area contributed by atoms with Crippen molar-refractivity contribution in [2.24, 2.45) is 0 Å². The molecule has 0 bridgehead atoms. The maximum absolute atomic E-state index is 12.2. The quantitative estimate of drug-likeness (QED) is 0.817. The molecule has 1 N–H and O–H groups in total. The van der Waals surface area contributed by atoms with E-state index in [-0.39, 0.29) is 12.5 Å². The molecule has 0 saturated heterocycles. The normalized spacial score (nSPS) is 10.7. The second-order valence-electron chi connectivity index (χ2n) is 4.19. The fourth-order valence-corrected chi connectivity index (χ4v) is 2.16. The van der Waals surface area contributed by atoms with E-state index in [1.54, 1.807) is 12.4 Å². The Balaban J connectivity index is 2.79. The van der Waals surface area contributed by atoms with E-state index in [9.17, 15) is 9.59 Å². The summed E-state index contributed by atoms with van der Waals surface area (Å²) in [5.41, 5.74) is 2.23. The molecule has 0 aromatic carbocycles. The lowest BCUT2D eigenvalue weighted by atomic mass is 10.3.